The minimum atomic E-state index is 0.00794. The third-order valence-corrected chi connectivity index (χ3v) is 5.08. The van der Waals surface area contributed by atoms with Crippen LogP contribution in [0.4, 0.5) is 5.69 Å². The van der Waals surface area contributed by atoms with Gasteiger partial charge in [-0.15, -0.1) is 21.5 Å². The molecule has 1 amide bonds. The molecule has 0 aliphatic heterocycles. The van der Waals surface area contributed by atoms with Gasteiger partial charge in [0.1, 0.15) is 0 Å². The standard InChI is InChI=1S/C17H18N4O2S2/c1-3-21(14-7-5-4-6-8-14)16(22)11-25-17-20-19-15(23-17)9-13-10-24-12(2)18-13/h4-8,10H,3,9,11H2,1-2H3. The molecule has 130 valence electrons. The summed E-state index contributed by atoms with van der Waals surface area (Å²) in [5.41, 5.74) is 1.81. The molecular formula is C17H18N4O2S2. The van der Waals surface area contributed by atoms with Gasteiger partial charge in [-0.25, -0.2) is 4.98 Å². The molecule has 25 heavy (non-hydrogen) atoms. The summed E-state index contributed by atoms with van der Waals surface area (Å²) in [7, 11) is 0. The Balaban J connectivity index is 1.57. The fourth-order valence-corrected chi connectivity index (χ4v) is 3.59. The monoisotopic (exact) mass is 374 g/mol. The molecule has 2 aromatic heterocycles. The van der Waals surface area contributed by atoms with Crippen molar-refractivity contribution in [3.8, 4) is 0 Å². The van der Waals surface area contributed by atoms with E-state index in [1.165, 1.54) is 11.8 Å². The van der Waals surface area contributed by atoms with E-state index in [0.29, 0.717) is 24.1 Å². The van der Waals surface area contributed by atoms with Crippen LogP contribution >= 0.6 is 23.1 Å². The van der Waals surface area contributed by atoms with E-state index in [-0.39, 0.29) is 11.7 Å². The van der Waals surface area contributed by atoms with Gasteiger partial charge in [0.05, 0.1) is 22.9 Å². The maximum Gasteiger partial charge on any atom is 0.277 e. The molecule has 0 spiro atoms. The summed E-state index contributed by atoms with van der Waals surface area (Å²) in [6.07, 6.45) is 0.511. The fourth-order valence-electron chi connectivity index (χ4n) is 2.32. The highest BCUT2D eigenvalue weighted by atomic mass is 32.2. The molecule has 6 nitrogen and oxygen atoms in total. The largest absolute Gasteiger partial charge is 0.416 e. The van der Waals surface area contributed by atoms with Crippen LogP contribution < -0.4 is 4.90 Å². The average molecular weight is 374 g/mol. The number of anilines is 1. The van der Waals surface area contributed by atoms with Gasteiger partial charge >= 0.3 is 0 Å². The van der Waals surface area contributed by atoms with Crippen molar-refractivity contribution in [3.63, 3.8) is 0 Å². The first-order chi connectivity index (χ1) is 12.2. The summed E-state index contributed by atoms with van der Waals surface area (Å²) in [6.45, 7) is 4.53. The normalized spacial score (nSPS) is 10.8. The molecule has 8 heteroatoms. The van der Waals surface area contributed by atoms with E-state index in [2.05, 4.69) is 15.2 Å². The predicted molar refractivity (Wildman–Crippen MR) is 99.1 cm³/mol. The Bertz CT molecular complexity index is 832. The molecule has 1 aromatic carbocycles. The highest BCUT2D eigenvalue weighted by Crippen LogP contribution is 2.21. The van der Waals surface area contributed by atoms with E-state index >= 15 is 0 Å². The summed E-state index contributed by atoms with van der Waals surface area (Å²) in [5.74, 6) is 0.768. The maximum absolute atomic E-state index is 12.5. The molecule has 0 aliphatic carbocycles. The molecule has 0 radical (unpaired) electrons. The Labute approximate surface area is 154 Å². The van der Waals surface area contributed by atoms with Gasteiger partial charge in [0.15, 0.2) is 0 Å². The van der Waals surface area contributed by atoms with Gasteiger partial charge in [-0.05, 0) is 26.0 Å². The first-order valence-electron chi connectivity index (χ1n) is 7.87. The molecule has 0 bridgehead atoms. The molecule has 0 N–H and O–H groups in total. The number of benzene rings is 1. The van der Waals surface area contributed by atoms with E-state index in [1.807, 2.05) is 49.6 Å². The highest BCUT2D eigenvalue weighted by Gasteiger charge is 2.16. The minimum Gasteiger partial charge on any atom is -0.416 e. The van der Waals surface area contributed by atoms with Crippen molar-refractivity contribution < 1.29 is 9.21 Å². The van der Waals surface area contributed by atoms with Crippen molar-refractivity contribution >= 4 is 34.7 Å². The Morgan fingerprint density at radius 1 is 1.28 bits per heavy atom. The highest BCUT2D eigenvalue weighted by molar-refractivity contribution is 7.99. The van der Waals surface area contributed by atoms with Crippen molar-refractivity contribution in [1.82, 2.24) is 15.2 Å². The van der Waals surface area contributed by atoms with Crippen LogP contribution in [0.5, 0.6) is 0 Å². The van der Waals surface area contributed by atoms with Crippen LogP contribution in [0.2, 0.25) is 0 Å². The van der Waals surface area contributed by atoms with Crippen molar-refractivity contribution in [2.24, 2.45) is 0 Å². The number of para-hydroxylation sites is 1. The summed E-state index contributed by atoms with van der Waals surface area (Å²) in [4.78, 5) is 18.6. The first kappa shape index (κ1) is 17.6. The SMILES string of the molecule is CCN(C(=O)CSc1nnc(Cc2csc(C)n2)o1)c1ccccc1. The molecule has 0 unspecified atom stereocenters. The lowest BCUT2D eigenvalue weighted by molar-refractivity contribution is -0.116. The minimum absolute atomic E-state index is 0.00794. The van der Waals surface area contributed by atoms with Crippen LogP contribution in [0.3, 0.4) is 0 Å². The second-order valence-electron chi connectivity index (χ2n) is 5.26. The van der Waals surface area contributed by atoms with Gasteiger partial charge in [-0.2, -0.15) is 0 Å². The van der Waals surface area contributed by atoms with E-state index in [0.717, 1.165) is 16.4 Å². The summed E-state index contributed by atoms with van der Waals surface area (Å²) in [6, 6.07) is 9.62. The van der Waals surface area contributed by atoms with E-state index in [1.54, 1.807) is 16.2 Å². The fraction of sp³-hybridized carbons (Fsp3) is 0.294. The van der Waals surface area contributed by atoms with E-state index in [9.17, 15) is 4.79 Å². The average Bonchev–Trinajstić information content (AvgIpc) is 3.24. The number of hydrogen-bond donors (Lipinski definition) is 0. The Hall–Kier alpha value is -2.19. The Morgan fingerprint density at radius 3 is 2.76 bits per heavy atom. The third kappa shape index (κ3) is 4.67. The second-order valence-corrected chi connectivity index (χ2v) is 7.25. The number of aromatic nitrogens is 3. The Morgan fingerprint density at radius 2 is 2.08 bits per heavy atom. The second kappa shape index (κ2) is 8.26. The van der Waals surface area contributed by atoms with Gasteiger partial charge in [0.2, 0.25) is 11.8 Å². The zero-order chi connectivity index (χ0) is 17.6. The third-order valence-electron chi connectivity index (χ3n) is 3.45. The van der Waals surface area contributed by atoms with E-state index < -0.39 is 0 Å². The Kier molecular flexibility index (Phi) is 5.83. The lowest BCUT2D eigenvalue weighted by atomic mass is 10.3. The zero-order valence-corrected chi connectivity index (χ0v) is 15.6. The van der Waals surface area contributed by atoms with Gasteiger partial charge in [-0.1, -0.05) is 30.0 Å². The smallest absolute Gasteiger partial charge is 0.277 e. The van der Waals surface area contributed by atoms with Crippen LogP contribution in [0.1, 0.15) is 23.5 Å². The van der Waals surface area contributed by atoms with Gasteiger partial charge in [0.25, 0.3) is 5.22 Å². The summed E-state index contributed by atoms with van der Waals surface area (Å²) >= 11 is 2.85. The van der Waals surface area contributed by atoms with Crippen LogP contribution in [0.15, 0.2) is 45.4 Å². The number of aryl methyl sites for hydroxylation is 1. The van der Waals surface area contributed by atoms with Crippen LogP contribution in [-0.4, -0.2) is 33.4 Å². The van der Waals surface area contributed by atoms with Crippen molar-refractivity contribution in [2.45, 2.75) is 25.5 Å². The predicted octanol–water partition coefficient (Wildman–Crippen LogP) is 3.57. The molecule has 0 saturated heterocycles. The number of thiazole rings is 1. The number of thioether (sulfide) groups is 1. The number of amides is 1. The molecule has 2 heterocycles. The number of nitrogens with zero attached hydrogens (tertiary/aromatic N) is 4. The number of carbonyl (C=O) groups is 1. The quantitative estimate of drug-likeness (QED) is 0.589. The zero-order valence-electron chi connectivity index (χ0n) is 14.0. The summed E-state index contributed by atoms with van der Waals surface area (Å²) in [5, 5.41) is 11.4. The topological polar surface area (TPSA) is 72.1 Å². The van der Waals surface area contributed by atoms with Crippen molar-refractivity contribution in [1.29, 1.82) is 0 Å². The number of rotatable bonds is 7. The van der Waals surface area contributed by atoms with Crippen LogP contribution in [0.25, 0.3) is 0 Å². The first-order valence-corrected chi connectivity index (χ1v) is 9.74. The van der Waals surface area contributed by atoms with Crippen molar-refractivity contribution in [3.05, 3.63) is 52.3 Å². The van der Waals surface area contributed by atoms with Gasteiger partial charge in [-0.3, -0.25) is 4.79 Å². The molecule has 0 fully saturated rings. The van der Waals surface area contributed by atoms with E-state index in [4.69, 9.17) is 4.42 Å². The number of carbonyl (C=O) groups excluding carboxylic acids is 1. The summed E-state index contributed by atoms with van der Waals surface area (Å²) < 4.78 is 5.60. The molecule has 0 saturated carbocycles. The maximum atomic E-state index is 12.5. The van der Waals surface area contributed by atoms with Gasteiger partial charge < -0.3 is 9.32 Å². The molecular weight excluding hydrogens is 356 g/mol. The molecule has 3 rings (SSSR count). The molecule has 3 aromatic rings. The van der Waals surface area contributed by atoms with Gasteiger partial charge in [0, 0.05) is 17.6 Å². The molecule has 0 atom stereocenters. The number of hydrogen-bond acceptors (Lipinski definition) is 7. The molecule has 0 aliphatic rings. The van der Waals surface area contributed by atoms with Crippen LogP contribution in [-0.2, 0) is 11.2 Å². The van der Waals surface area contributed by atoms with Crippen LogP contribution in [0, 0.1) is 6.92 Å². The lowest BCUT2D eigenvalue weighted by Gasteiger charge is -2.20. The van der Waals surface area contributed by atoms with Crippen molar-refractivity contribution in [2.75, 3.05) is 17.2 Å². The lowest BCUT2D eigenvalue weighted by Crippen LogP contribution is -2.32.